The van der Waals surface area contributed by atoms with Crippen molar-refractivity contribution >= 4 is 40.1 Å². The second kappa shape index (κ2) is 8.36. The van der Waals surface area contributed by atoms with Gasteiger partial charge < -0.3 is 9.32 Å². The molecule has 0 saturated heterocycles. The third-order valence-corrected chi connectivity index (χ3v) is 7.03. The average Bonchev–Trinajstić information content (AvgIpc) is 3.09. The highest BCUT2D eigenvalue weighted by atomic mass is 35.5. The van der Waals surface area contributed by atoms with E-state index in [0.717, 1.165) is 23.1 Å². The Bertz CT molecular complexity index is 1460. The van der Waals surface area contributed by atoms with E-state index in [-0.39, 0.29) is 23.6 Å². The number of nitrogens with zero attached hydrogens (tertiary/aromatic N) is 1. The summed E-state index contributed by atoms with van der Waals surface area (Å²) in [5, 5.41) is 1.41. The van der Waals surface area contributed by atoms with Gasteiger partial charge in [0.25, 0.3) is 5.91 Å². The van der Waals surface area contributed by atoms with Crippen molar-refractivity contribution in [1.82, 2.24) is 4.90 Å². The molecule has 4 nitrogen and oxygen atoms in total. The van der Waals surface area contributed by atoms with Crippen LogP contribution < -0.4 is 5.43 Å². The fourth-order valence-electron chi connectivity index (χ4n) is 4.40. The summed E-state index contributed by atoms with van der Waals surface area (Å²) in [6.07, 6.45) is 0.897. The molecule has 5 rings (SSSR count). The lowest BCUT2D eigenvalue weighted by Crippen LogP contribution is -2.29. The minimum absolute atomic E-state index is 0.0749. The topological polar surface area (TPSA) is 50.5 Å². The van der Waals surface area contributed by atoms with Crippen LogP contribution >= 0.6 is 23.2 Å². The number of carbonyl (C=O) groups excluding carboxylic acids is 1. The number of carbonyl (C=O) groups is 1. The van der Waals surface area contributed by atoms with Gasteiger partial charge in [0.2, 0.25) is 5.76 Å². The monoisotopic (exact) mass is 477 g/mol. The fourth-order valence-corrected chi connectivity index (χ4v) is 4.76. The first-order chi connectivity index (χ1) is 15.9. The molecule has 0 fully saturated rings. The Hall–Kier alpha value is -3.08. The summed E-state index contributed by atoms with van der Waals surface area (Å²) in [5.74, 6) is -0.257. The van der Waals surface area contributed by atoms with Crippen LogP contribution in [0.5, 0.6) is 0 Å². The number of fused-ring (bicyclic) bond motifs is 2. The molecular formula is C27H21Cl2NO3. The molecule has 33 heavy (non-hydrogen) atoms. The zero-order valence-electron chi connectivity index (χ0n) is 18.2. The van der Waals surface area contributed by atoms with Gasteiger partial charge in [0.1, 0.15) is 5.58 Å². The number of halogens is 2. The summed E-state index contributed by atoms with van der Waals surface area (Å²) >= 11 is 12.7. The fraction of sp³-hybridized carbons (Fsp3) is 0.185. The second-order valence-electron chi connectivity index (χ2n) is 8.29. The van der Waals surface area contributed by atoms with Gasteiger partial charge in [0, 0.05) is 16.6 Å². The van der Waals surface area contributed by atoms with Crippen molar-refractivity contribution in [3.05, 3.63) is 115 Å². The van der Waals surface area contributed by atoms with Crippen LogP contribution in [0.25, 0.3) is 11.0 Å². The van der Waals surface area contributed by atoms with Crippen molar-refractivity contribution in [2.24, 2.45) is 0 Å². The SMILES string of the molecule is CCc1ccc(C2c3c(oc4cc(C)c(Cl)cc4c3=O)C(=O)N2Cc2ccccc2Cl)cc1. The van der Waals surface area contributed by atoms with Crippen LogP contribution in [0.15, 0.2) is 69.9 Å². The highest BCUT2D eigenvalue weighted by Gasteiger charge is 2.43. The second-order valence-corrected chi connectivity index (χ2v) is 9.11. The lowest BCUT2D eigenvalue weighted by molar-refractivity contribution is 0.0714. The zero-order chi connectivity index (χ0) is 23.3. The summed E-state index contributed by atoms with van der Waals surface area (Å²) in [6.45, 7) is 4.16. The molecule has 1 aliphatic heterocycles. The average molecular weight is 478 g/mol. The molecule has 166 valence electrons. The normalized spacial score (nSPS) is 15.3. The molecule has 1 amide bonds. The molecule has 1 aliphatic rings. The molecule has 0 bridgehead atoms. The summed E-state index contributed by atoms with van der Waals surface area (Å²) in [5.41, 5.74) is 4.04. The van der Waals surface area contributed by atoms with E-state index in [0.29, 0.717) is 26.6 Å². The quantitative estimate of drug-likeness (QED) is 0.327. The van der Waals surface area contributed by atoms with Gasteiger partial charge in [-0.1, -0.05) is 72.6 Å². The van der Waals surface area contributed by atoms with Crippen molar-refractivity contribution in [2.75, 3.05) is 0 Å². The molecule has 6 heteroatoms. The molecule has 0 N–H and O–H groups in total. The van der Waals surface area contributed by atoms with E-state index in [4.69, 9.17) is 27.6 Å². The molecule has 1 atom stereocenters. The molecule has 1 aromatic heterocycles. The first-order valence-electron chi connectivity index (χ1n) is 10.8. The van der Waals surface area contributed by atoms with Gasteiger partial charge in [-0.25, -0.2) is 0 Å². The van der Waals surface area contributed by atoms with E-state index in [1.165, 1.54) is 5.56 Å². The van der Waals surface area contributed by atoms with Crippen LogP contribution in [-0.4, -0.2) is 10.8 Å². The Morgan fingerprint density at radius 2 is 1.70 bits per heavy atom. The van der Waals surface area contributed by atoms with Gasteiger partial charge >= 0.3 is 0 Å². The van der Waals surface area contributed by atoms with Crippen LogP contribution in [0.4, 0.5) is 0 Å². The van der Waals surface area contributed by atoms with Gasteiger partial charge in [-0.05, 0) is 53.8 Å². The third kappa shape index (κ3) is 3.64. The highest BCUT2D eigenvalue weighted by Crippen LogP contribution is 2.40. The molecule has 2 heterocycles. The van der Waals surface area contributed by atoms with Crippen molar-refractivity contribution in [2.45, 2.75) is 32.9 Å². The van der Waals surface area contributed by atoms with Crippen LogP contribution in [0, 0.1) is 6.92 Å². The molecule has 1 unspecified atom stereocenters. The largest absolute Gasteiger partial charge is 0.450 e. The summed E-state index contributed by atoms with van der Waals surface area (Å²) in [4.78, 5) is 28.9. The number of hydrogen-bond donors (Lipinski definition) is 0. The van der Waals surface area contributed by atoms with Crippen molar-refractivity contribution < 1.29 is 9.21 Å². The molecule has 0 saturated carbocycles. The van der Waals surface area contributed by atoms with Crippen molar-refractivity contribution in [3.8, 4) is 0 Å². The van der Waals surface area contributed by atoms with Gasteiger partial charge in [-0.15, -0.1) is 0 Å². The van der Waals surface area contributed by atoms with Gasteiger partial charge in [0.15, 0.2) is 5.43 Å². The number of hydrogen-bond acceptors (Lipinski definition) is 3. The van der Waals surface area contributed by atoms with Gasteiger partial charge in [-0.2, -0.15) is 0 Å². The minimum atomic E-state index is -0.588. The van der Waals surface area contributed by atoms with Crippen molar-refractivity contribution in [3.63, 3.8) is 0 Å². The minimum Gasteiger partial charge on any atom is -0.450 e. The maximum absolute atomic E-state index is 13.7. The smallest absolute Gasteiger partial charge is 0.291 e. The molecule has 3 aromatic carbocycles. The van der Waals surface area contributed by atoms with Crippen LogP contribution in [0.1, 0.15) is 51.3 Å². The van der Waals surface area contributed by atoms with E-state index >= 15 is 0 Å². The standard InChI is InChI=1S/C27H21Cl2NO3/c1-3-16-8-10-17(11-9-16)24-23-25(31)19-13-21(29)15(2)12-22(19)33-26(23)27(32)30(24)14-18-6-4-5-7-20(18)28/h4-13,24H,3,14H2,1-2H3. The summed E-state index contributed by atoms with van der Waals surface area (Å²) in [6, 6.07) is 18.1. The van der Waals surface area contributed by atoms with E-state index in [9.17, 15) is 9.59 Å². The lowest BCUT2D eigenvalue weighted by Gasteiger charge is -2.25. The first-order valence-corrected chi connectivity index (χ1v) is 11.5. The summed E-state index contributed by atoms with van der Waals surface area (Å²) < 4.78 is 6.05. The maximum atomic E-state index is 13.7. The number of aryl methyl sites for hydroxylation is 2. The zero-order valence-corrected chi connectivity index (χ0v) is 19.7. The Morgan fingerprint density at radius 3 is 2.39 bits per heavy atom. The van der Waals surface area contributed by atoms with E-state index in [1.807, 2.05) is 49.4 Å². The van der Waals surface area contributed by atoms with Gasteiger partial charge in [0.05, 0.1) is 17.0 Å². The Labute approximate surface area is 201 Å². The summed E-state index contributed by atoms with van der Waals surface area (Å²) in [7, 11) is 0. The van der Waals surface area contributed by atoms with Crippen LogP contribution in [-0.2, 0) is 13.0 Å². The van der Waals surface area contributed by atoms with Crippen LogP contribution in [0.3, 0.4) is 0 Å². The van der Waals surface area contributed by atoms with E-state index in [1.54, 1.807) is 23.1 Å². The Balaban J connectivity index is 1.74. The maximum Gasteiger partial charge on any atom is 0.291 e. The Kier molecular flexibility index (Phi) is 5.51. The molecule has 0 spiro atoms. The first kappa shape index (κ1) is 21.7. The van der Waals surface area contributed by atoms with Crippen molar-refractivity contribution in [1.29, 1.82) is 0 Å². The van der Waals surface area contributed by atoms with Crippen LogP contribution in [0.2, 0.25) is 10.0 Å². The number of amides is 1. The molecule has 4 aromatic rings. The predicted octanol–water partition coefficient (Wildman–Crippen LogP) is 6.72. The van der Waals surface area contributed by atoms with E-state index in [2.05, 4.69) is 6.92 Å². The predicted molar refractivity (Wildman–Crippen MR) is 131 cm³/mol. The molecular weight excluding hydrogens is 457 g/mol. The lowest BCUT2D eigenvalue weighted by atomic mass is 9.96. The van der Waals surface area contributed by atoms with Gasteiger partial charge in [-0.3, -0.25) is 9.59 Å². The number of benzene rings is 3. The van der Waals surface area contributed by atoms with E-state index < -0.39 is 6.04 Å². The molecule has 0 aliphatic carbocycles. The Morgan fingerprint density at radius 1 is 0.970 bits per heavy atom. The highest BCUT2D eigenvalue weighted by molar-refractivity contribution is 6.32. The number of rotatable bonds is 4. The third-order valence-electron chi connectivity index (χ3n) is 6.25. The molecule has 0 radical (unpaired) electrons.